The summed E-state index contributed by atoms with van der Waals surface area (Å²) >= 11 is 6.09. The average molecular weight is 559 g/mol. The van der Waals surface area contributed by atoms with Crippen LogP contribution in [0.15, 0.2) is 118 Å². The number of furan rings is 1. The van der Waals surface area contributed by atoms with E-state index in [1.807, 2.05) is 91.1 Å². The maximum Gasteiger partial charge on any atom is 0.282 e. The Morgan fingerprint density at radius 3 is 2.54 bits per heavy atom. The summed E-state index contributed by atoms with van der Waals surface area (Å²) in [6.07, 6.45) is 3.74. The molecule has 8 heteroatoms. The van der Waals surface area contributed by atoms with Crippen molar-refractivity contribution in [2.24, 2.45) is 5.10 Å². The monoisotopic (exact) mass is 558 g/mol. The number of hydrogen-bond acceptors (Lipinski definition) is 5. The van der Waals surface area contributed by atoms with E-state index in [0.717, 1.165) is 27.4 Å². The van der Waals surface area contributed by atoms with Crippen LogP contribution in [-0.2, 0) is 6.54 Å². The standard InChI is InChI=1S/C33H23ClN4O3/c1-40-29-11-6-12-30-26(29)17-31(41-30)32-36-27-9-4-2-8-25(27)33(39)38(32)35-18-22-20-37(28-10-5-3-7-24(22)28)19-21-13-15-23(34)16-14-21/h2-18,20H,19H2,1H3. The molecule has 0 bridgehead atoms. The van der Waals surface area contributed by atoms with E-state index in [9.17, 15) is 4.79 Å². The molecule has 0 aliphatic rings. The highest BCUT2D eigenvalue weighted by Crippen LogP contribution is 2.33. The van der Waals surface area contributed by atoms with E-state index in [2.05, 4.69) is 10.6 Å². The van der Waals surface area contributed by atoms with Crippen LogP contribution in [0.3, 0.4) is 0 Å². The molecule has 0 amide bonds. The quantitative estimate of drug-likeness (QED) is 0.200. The summed E-state index contributed by atoms with van der Waals surface area (Å²) in [6.45, 7) is 0.662. The van der Waals surface area contributed by atoms with E-state index < -0.39 is 0 Å². The molecule has 0 fully saturated rings. The molecule has 7 nitrogen and oxygen atoms in total. The largest absolute Gasteiger partial charge is 0.496 e. The van der Waals surface area contributed by atoms with E-state index in [1.165, 1.54) is 4.68 Å². The summed E-state index contributed by atoms with van der Waals surface area (Å²) in [5, 5.41) is 7.66. The molecule has 3 heterocycles. The van der Waals surface area contributed by atoms with E-state index in [-0.39, 0.29) is 5.56 Å². The minimum Gasteiger partial charge on any atom is -0.496 e. The van der Waals surface area contributed by atoms with Crippen molar-refractivity contribution < 1.29 is 9.15 Å². The van der Waals surface area contributed by atoms with Crippen LogP contribution in [0.4, 0.5) is 0 Å². The summed E-state index contributed by atoms with van der Waals surface area (Å²) < 4.78 is 15.1. The Balaban J connectivity index is 1.38. The topological polar surface area (TPSA) is 74.6 Å². The minimum atomic E-state index is -0.292. The van der Waals surface area contributed by atoms with Crippen molar-refractivity contribution in [2.75, 3.05) is 7.11 Å². The second-order valence-corrected chi connectivity index (χ2v) is 10.1. The zero-order chi connectivity index (χ0) is 27.9. The molecular formula is C33H23ClN4O3. The van der Waals surface area contributed by atoms with Crippen molar-refractivity contribution in [1.82, 2.24) is 14.2 Å². The maximum atomic E-state index is 13.7. The smallest absolute Gasteiger partial charge is 0.282 e. The zero-order valence-electron chi connectivity index (χ0n) is 22.0. The maximum absolute atomic E-state index is 13.7. The van der Waals surface area contributed by atoms with Gasteiger partial charge in [0.05, 0.1) is 29.6 Å². The first kappa shape index (κ1) is 24.9. The van der Waals surface area contributed by atoms with Crippen LogP contribution >= 0.6 is 11.6 Å². The molecule has 0 radical (unpaired) electrons. The van der Waals surface area contributed by atoms with Gasteiger partial charge in [0.1, 0.15) is 11.3 Å². The van der Waals surface area contributed by atoms with Crippen molar-refractivity contribution in [1.29, 1.82) is 0 Å². The van der Waals surface area contributed by atoms with E-state index in [0.29, 0.717) is 45.4 Å². The second kappa shape index (κ2) is 10.1. The van der Waals surface area contributed by atoms with Gasteiger partial charge >= 0.3 is 0 Å². The fourth-order valence-electron chi connectivity index (χ4n) is 5.13. The Bertz CT molecular complexity index is 2160. The van der Waals surface area contributed by atoms with Crippen molar-refractivity contribution in [3.63, 3.8) is 0 Å². The summed E-state index contributed by atoms with van der Waals surface area (Å²) in [4.78, 5) is 18.5. The highest BCUT2D eigenvalue weighted by molar-refractivity contribution is 6.30. The van der Waals surface area contributed by atoms with Gasteiger partial charge in [-0.25, -0.2) is 4.98 Å². The normalized spacial score (nSPS) is 11.8. The predicted octanol–water partition coefficient (Wildman–Crippen LogP) is 7.36. The molecule has 0 N–H and O–H groups in total. The van der Waals surface area contributed by atoms with Gasteiger partial charge in [-0.2, -0.15) is 9.78 Å². The van der Waals surface area contributed by atoms with E-state index in [1.54, 1.807) is 19.4 Å². The van der Waals surface area contributed by atoms with Crippen molar-refractivity contribution in [3.8, 4) is 17.3 Å². The first-order chi connectivity index (χ1) is 20.1. The molecule has 0 spiro atoms. The molecule has 0 atom stereocenters. The van der Waals surface area contributed by atoms with Crippen molar-refractivity contribution in [2.45, 2.75) is 6.54 Å². The number of halogens is 1. The van der Waals surface area contributed by atoms with Crippen LogP contribution in [0.5, 0.6) is 5.75 Å². The SMILES string of the molecule is COc1cccc2oc(-c3nc4ccccc4c(=O)n3N=Cc3cn(Cc4ccc(Cl)cc4)c4ccccc34)cc12. The molecule has 3 aromatic heterocycles. The van der Waals surface area contributed by atoms with Gasteiger partial charge in [-0.05, 0) is 54.1 Å². The summed E-state index contributed by atoms with van der Waals surface area (Å²) in [5.74, 6) is 1.38. The van der Waals surface area contributed by atoms with Gasteiger partial charge in [0.25, 0.3) is 5.56 Å². The third kappa shape index (κ3) is 4.46. The lowest BCUT2D eigenvalue weighted by Crippen LogP contribution is -2.20. The third-order valence-corrected chi connectivity index (χ3v) is 7.37. The van der Waals surface area contributed by atoms with E-state index in [4.69, 9.17) is 30.8 Å². The second-order valence-electron chi connectivity index (χ2n) is 9.65. The number of rotatable bonds is 6. The zero-order valence-corrected chi connectivity index (χ0v) is 22.7. The van der Waals surface area contributed by atoms with Crippen LogP contribution in [0, 0.1) is 0 Å². The molecule has 200 valence electrons. The number of nitrogens with zero attached hydrogens (tertiary/aromatic N) is 4. The Morgan fingerprint density at radius 2 is 1.71 bits per heavy atom. The van der Waals surface area contributed by atoms with Gasteiger partial charge in [-0.15, -0.1) is 0 Å². The number of ether oxygens (including phenoxy) is 1. The molecule has 7 rings (SSSR count). The number of fused-ring (bicyclic) bond motifs is 3. The average Bonchev–Trinajstić information content (AvgIpc) is 3.59. The van der Waals surface area contributed by atoms with Gasteiger partial charge in [-0.1, -0.05) is 60.1 Å². The van der Waals surface area contributed by atoms with Crippen LogP contribution in [0.1, 0.15) is 11.1 Å². The Labute approximate surface area is 239 Å². The van der Waals surface area contributed by atoms with E-state index >= 15 is 0 Å². The molecule has 0 saturated carbocycles. The lowest BCUT2D eigenvalue weighted by atomic mass is 10.2. The Morgan fingerprint density at radius 1 is 0.927 bits per heavy atom. The van der Waals surface area contributed by atoms with Crippen LogP contribution in [0.2, 0.25) is 5.02 Å². The lowest BCUT2D eigenvalue weighted by Gasteiger charge is -2.07. The number of para-hydroxylation sites is 2. The van der Waals surface area contributed by atoms with Gasteiger partial charge in [-0.3, -0.25) is 4.79 Å². The molecule has 0 unspecified atom stereocenters. The number of methoxy groups -OCH3 is 1. The van der Waals surface area contributed by atoms with Gasteiger partial charge in [0.2, 0.25) is 5.82 Å². The first-order valence-electron chi connectivity index (χ1n) is 13.0. The minimum absolute atomic E-state index is 0.292. The Kier molecular flexibility index (Phi) is 6.14. The Hall–Kier alpha value is -5.14. The predicted molar refractivity (Wildman–Crippen MR) is 163 cm³/mol. The summed E-state index contributed by atoms with van der Waals surface area (Å²) in [5.41, 5.74) is 3.94. The van der Waals surface area contributed by atoms with Crippen LogP contribution < -0.4 is 10.3 Å². The third-order valence-electron chi connectivity index (χ3n) is 7.11. The van der Waals surface area contributed by atoms with Crippen LogP contribution in [0.25, 0.3) is 44.4 Å². The van der Waals surface area contributed by atoms with Crippen molar-refractivity contribution >= 4 is 50.6 Å². The van der Waals surface area contributed by atoms with Crippen LogP contribution in [-0.4, -0.2) is 27.6 Å². The summed E-state index contributed by atoms with van der Waals surface area (Å²) in [7, 11) is 1.61. The highest BCUT2D eigenvalue weighted by atomic mass is 35.5. The molecule has 41 heavy (non-hydrogen) atoms. The van der Waals surface area contributed by atoms with Gasteiger partial charge < -0.3 is 13.7 Å². The number of benzene rings is 4. The first-order valence-corrected chi connectivity index (χ1v) is 13.4. The summed E-state index contributed by atoms with van der Waals surface area (Å²) in [6, 6.07) is 30.5. The number of aromatic nitrogens is 3. The number of hydrogen-bond donors (Lipinski definition) is 0. The molecule has 0 saturated heterocycles. The molecule has 0 aliphatic carbocycles. The lowest BCUT2D eigenvalue weighted by molar-refractivity contribution is 0.419. The molecule has 4 aromatic carbocycles. The molecular weight excluding hydrogens is 536 g/mol. The fraction of sp³-hybridized carbons (Fsp3) is 0.0606. The molecule has 7 aromatic rings. The highest BCUT2D eigenvalue weighted by Gasteiger charge is 2.18. The van der Waals surface area contributed by atoms with Gasteiger partial charge in [0.15, 0.2) is 5.76 Å². The van der Waals surface area contributed by atoms with Gasteiger partial charge in [0, 0.05) is 34.2 Å². The molecule has 0 aliphatic heterocycles. The van der Waals surface area contributed by atoms with Crippen molar-refractivity contribution in [3.05, 3.63) is 130 Å². The fourth-order valence-corrected chi connectivity index (χ4v) is 5.25.